The van der Waals surface area contributed by atoms with Crippen molar-refractivity contribution in [1.82, 2.24) is 5.32 Å². The molecular formula is C8H15NO2. The maximum Gasteiger partial charge on any atom is 0.174 e. The second-order valence-corrected chi connectivity index (χ2v) is 3.06. The first-order chi connectivity index (χ1) is 5.24. The number of ether oxygens (including phenoxy) is 1. The SMILES string of the molecule is COCC(=O)C(C)NC1CC1. The van der Waals surface area contributed by atoms with Gasteiger partial charge in [0.15, 0.2) is 5.78 Å². The van der Waals surface area contributed by atoms with Gasteiger partial charge < -0.3 is 10.1 Å². The van der Waals surface area contributed by atoms with Gasteiger partial charge in [-0.2, -0.15) is 0 Å². The van der Waals surface area contributed by atoms with E-state index in [1.807, 2.05) is 6.92 Å². The number of Topliss-reactive ketones (excluding diaryl/α,β-unsaturated/α-hetero) is 1. The monoisotopic (exact) mass is 157 g/mol. The molecule has 1 saturated carbocycles. The molecule has 0 amide bonds. The van der Waals surface area contributed by atoms with Crippen molar-refractivity contribution >= 4 is 5.78 Å². The Morgan fingerprint density at radius 2 is 2.36 bits per heavy atom. The Hall–Kier alpha value is -0.410. The molecule has 11 heavy (non-hydrogen) atoms. The molecule has 0 radical (unpaired) electrons. The summed E-state index contributed by atoms with van der Waals surface area (Å²) in [5, 5.41) is 3.21. The van der Waals surface area contributed by atoms with E-state index in [0.717, 1.165) is 0 Å². The first kappa shape index (κ1) is 8.68. The highest BCUT2D eigenvalue weighted by Gasteiger charge is 2.25. The van der Waals surface area contributed by atoms with Crippen molar-refractivity contribution in [1.29, 1.82) is 0 Å². The zero-order chi connectivity index (χ0) is 8.27. The average Bonchev–Trinajstić information content (AvgIpc) is 2.72. The molecule has 0 aromatic rings. The van der Waals surface area contributed by atoms with Crippen molar-refractivity contribution in [3.05, 3.63) is 0 Å². The van der Waals surface area contributed by atoms with Gasteiger partial charge in [-0.05, 0) is 19.8 Å². The van der Waals surface area contributed by atoms with E-state index in [4.69, 9.17) is 4.74 Å². The summed E-state index contributed by atoms with van der Waals surface area (Å²) in [6, 6.07) is 0.549. The molecular weight excluding hydrogens is 142 g/mol. The largest absolute Gasteiger partial charge is 0.377 e. The summed E-state index contributed by atoms with van der Waals surface area (Å²) in [5.74, 6) is 0.138. The van der Waals surface area contributed by atoms with E-state index in [-0.39, 0.29) is 18.4 Å². The van der Waals surface area contributed by atoms with E-state index in [0.29, 0.717) is 6.04 Å². The molecule has 3 nitrogen and oxygen atoms in total. The Morgan fingerprint density at radius 3 is 2.82 bits per heavy atom. The Balaban J connectivity index is 2.15. The van der Waals surface area contributed by atoms with E-state index in [2.05, 4.69) is 5.32 Å². The molecule has 1 N–H and O–H groups in total. The van der Waals surface area contributed by atoms with Crippen molar-refractivity contribution in [2.75, 3.05) is 13.7 Å². The van der Waals surface area contributed by atoms with Gasteiger partial charge in [0.25, 0.3) is 0 Å². The van der Waals surface area contributed by atoms with Gasteiger partial charge >= 0.3 is 0 Å². The second kappa shape index (κ2) is 3.83. The lowest BCUT2D eigenvalue weighted by Gasteiger charge is -2.10. The maximum atomic E-state index is 11.1. The Labute approximate surface area is 67.1 Å². The predicted molar refractivity (Wildman–Crippen MR) is 42.5 cm³/mol. The fraction of sp³-hybridized carbons (Fsp3) is 0.875. The molecule has 1 fully saturated rings. The average molecular weight is 157 g/mol. The molecule has 64 valence electrons. The number of rotatable bonds is 5. The van der Waals surface area contributed by atoms with E-state index in [1.165, 1.54) is 12.8 Å². The first-order valence-corrected chi connectivity index (χ1v) is 4.01. The number of nitrogens with one attached hydrogen (secondary N) is 1. The van der Waals surface area contributed by atoms with Crippen molar-refractivity contribution in [3.8, 4) is 0 Å². The van der Waals surface area contributed by atoms with Crippen LogP contribution in [0.1, 0.15) is 19.8 Å². The van der Waals surface area contributed by atoms with Crippen LogP contribution in [-0.4, -0.2) is 31.6 Å². The number of hydrogen-bond acceptors (Lipinski definition) is 3. The predicted octanol–water partition coefficient (Wildman–Crippen LogP) is 0.342. The quantitative estimate of drug-likeness (QED) is 0.625. The Bertz CT molecular complexity index is 143. The second-order valence-electron chi connectivity index (χ2n) is 3.06. The lowest BCUT2D eigenvalue weighted by Crippen LogP contribution is -2.37. The minimum Gasteiger partial charge on any atom is -0.377 e. The third-order valence-electron chi connectivity index (χ3n) is 1.83. The molecule has 1 unspecified atom stereocenters. The van der Waals surface area contributed by atoms with Gasteiger partial charge in [-0.25, -0.2) is 0 Å². The van der Waals surface area contributed by atoms with Gasteiger partial charge in [0.05, 0.1) is 6.04 Å². The number of ketones is 1. The summed E-state index contributed by atoms with van der Waals surface area (Å²) >= 11 is 0. The van der Waals surface area contributed by atoms with Gasteiger partial charge in [0.1, 0.15) is 6.61 Å². The van der Waals surface area contributed by atoms with Crippen molar-refractivity contribution in [2.45, 2.75) is 31.8 Å². The Morgan fingerprint density at radius 1 is 1.73 bits per heavy atom. The number of methoxy groups -OCH3 is 1. The van der Waals surface area contributed by atoms with E-state index in [9.17, 15) is 4.79 Å². The summed E-state index contributed by atoms with van der Waals surface area (Å²) in [4.78, 5) is 11.1. The lowest BCUT2D eigenvalue weighted by atomic mass is 10.2. The molecule has 0 aromatic heterocycles. The van der Waals surface area contributed by atoms with Crippen LogP contribution in [0.25, 0.3) is 0 Å². The van der Waals surface area contributed by atoms with E-state index < -0.39 is 0 Å². The highest BCUT2D eigenvalue weighted by molar-refractivity contribution is 5.84. The third kappa shape index (κ3) is 2.99. The van der Waals surface area contributed by atoms with Crippen molar-refractivity contribution in [2.24, 2.45) is 0 Å². The van der Waals surface area contributed by atoms with Crippen LogP contribution in [0.5, 0.6) is 0 Å². The van der Waals surface area contributed by atoms with Crippen LogP contribution in [0.4, 0.5) is 0 Å². The zero-order valence-electron chi connectivity index (χ0n) is 7.09. The fourth-order valence-corrected chi connectivity index (χ4v) is 0.964. The van der Waals surface area contributed by atoms with Crippen molar-refractivity contribution in [3.63, 3.8) is 0 Å². The number of hydrogen-bond donors (Lipinski definition) is 1. The summed E-state index contributed by atoms with van der Waals surface area (Å²) in [5.41, 5.74) is 0. The van der Waals surface area contributed by atoms with Crippen LogP contribution in [0, 0.1) is 0 Å². The summed E-state index contributed by atoms with van der Waals surface area (Å²) in [6.07, 6.45) is 2.43. The third-order valence-corrected chi connectivity index (χ3v) is 1.83. The summed E-state index contributed by atoms with van der Waals surface area (Å²) < 4.78 is 4.74. The van der Waals surface area contributed by atoms with Gasteiger partial charge in [-0.3, -0.25) is 4.79 Å². The fourth-order valence-electron chi connectivity index (χ4n) is 0.964. The van der Waals surface area contributed by atoms with E-state index >= 15 is 0 Å². The number of carbonyl (C=O) groups excluding carboxylic acids is 1. The summed E-state index contributed by atoms with van der Waals surface area (Å²) in [7, 11) is 1.54. The topological polar surface area (TPSA) is 38.3 Å². The minimum absolute atomic E-state index is 0.0394. The zero-order valence-corrected chi connectivity index (χ0v) is 7.09. The minimum atomic E-state index is -0.0394. The van der Waals surface area contributed by atoms with Gasteiger partial charge in [-0.1, -0.05) is 0 Å². The Kier molecular flexibility index (Phi) is 3.02. The van der Waals surface area contributed by atoms with Gasteiger partial charge in [0.2, 0.25) is 0 Å². The van der Waals surface area contributed by atoms with Crippen LogP contribution in [0.3, 0.4) is 0 Å². The molecule has 0 heterocycles. The normalized spacial score (nSPS) is 19.8. The summed E-state index contributed by atoms with van der Waals surface area (Å²) in [6.45, 7) is 2.11. The molecule has 0 saturated heterocycles. The van der Waals surface area contributed by atoms with Crippen LogP contribution in [-0.2, 0) is 9.53 Å². The smallest absolute Gasteiger partial charge is 0.174 e. The molecule has 1 aliphatic carbocycles. The van der Waals surface area contributed by atoms with Crippen molar-refractivity contribution < 1.29 is 9.53 Å². The molecule has 1 rings (SSSR count). The van der Waals surface area contributed by atoms with E-state index in [1.54, 1.807) is 7.11 Å². The standard InChI is InChI=1S/C8H15NO2/c1-6(8(10)5-11-2)9-7-3-4-7/h6-7,9H,3-5H2,1-2H3. The van der Waals surface area contributed by atoms with Crippen LogP contribution in [0.15, 0.2) is 0 Å². The number of carbonyl (C=O) groups is 1. The highest BCUT2D eigenvalue weighted by Crippen LogP contribution is 2.19. The lowest BCUT2D eigenvalue weighted by molar-refractivity contribution is -0.124. The molecule has 1 aliphatic rings. The molecule has 0 aromatic carbocycles. The first-order valence-electron chi connectivity index (χ1n) is 4.01. The van der Waals surface area contributed by atoms with Crippen LogP contribution in [0.2, 0.25) is 0 Å². The van der Waals surface area contributed by atoms with Crippen LogP contribution >= 0.6 is 0 Å². The molecule has 1 atom stereocenters. The molecule has 3 heteroatoms. The molecule has 0 spiro atoms. The molecule has 0 bridgehead atoms. The van der Waals surface area contributed by atoms with Crippen LogP contribution < -0.4 is 5.32 Å². The van der Waals surface area contributed by atoms with Gasteiger partial charge in [-0.15, -0.1) is 0 Å². The highest BCUT2D eigenvalue weighted by atomic mass is 16.5. The van der Waals surface area contributed by atoms with Gasteiger partial charge in [0, 0.05) is 13.2 Å². The molecule has 0 aliphatic heterocycles. The maximum absolute atomic E-state index is 11.1.